The highest BCUT2D eigenvalue weighted by Crippen LogP contribution is 2.37. The van der Waals surface area contributed by atoms with Crippen LogP contribution in [0.25, 0.3) is 0 Å². The molecule has 0 amide bonds. The first-order valence-electron chi connectivity index (χ1n) is 1.75. The second-order valence-corrected chi connectivity index (χ2v) is 6.13. The summed E-state index contributed by atoms with van der Waals surface area (Å²) in [7, 11) is 0. The van der Waals surface area contributed by atoms with E-state index in [1.165, 1.54) is 0 Å². The Morgan fingerprint density at radius 2 is 1.88 bits per heavy atom. The van der Waals surface area contributed by atoms with Crippen molar-refractivity contribution in [2.75, 3.05) is 5.88 Å². The Morgan fingerprint density at radius 1 is 1.50 bits per heavy atom. The molecule has 50 valence electrons. The molecule has 1 atom stereocenters. The average molecular weight is 305 g/mol. The van der Waals surface area contributed by atoms with E-state index in [1.54, 1.807) is 0 Å². The van der Waals surface area contributed by atoms with Gasteiger partial charge in [-0.3, -0.25) is 0 Å². The van der Waals surface area contributed by atoms with Gasteiger partial charge in [0.25, 0.3) is 0 Å². The van der Waals surface area contributed by atoms with Gasteiger partial charge in [-0.25, -0.2) is 0 Å². The average Bonchev–Trinajstić information content (AvgIpc) is 1.62. The monoisotopic (exact) mass is 302 g/mol. The molecule has 0 fully saturated rings. The lowest BCUT2D eigenvalue weighted by Gasteiger charge is -2.14. The molecule has 5 heteroatoms. The summed E-state index contributed by atoms with van der Waals surface area (Å²) in [4.78, 5) is -0.125. The minimum atomic E-state index is -0.950. The number of rotatable bonds is 2. The van der Waals surface area contributed by atoms with Crippen molar-refractivity contribution >= 4 is 66.7 Å². The molecule has 0 aliphatic carbocycles. The lowest BCUT2D eigenvalue weighted by Crippen LogP contribution is -2.19. The van der Waals surface area contributed by atoms with Crippen molar-refractivity contribution in [3.05, 3.63) is 0 Å². The molecule has 0 saturated heterocycles. The van der Waals surface area contributed by atoms with Gasteiger partial charge in [-0.15, -0.1) is 11.6 Å². The van der Waals surface area contributed by atoms with Gasteiger partial charge in [0.05, 0.1) is 4.83 Å². The molecule has 0 heterocycles. The molecule has 0 nitrogen and oxygen atoms in total. The van der Waals surface area contributed by atoms with E-state index in [0.29, 0.717) is 5.88 Å². The van der Waals surface area contributed by atoms with Crippen molar-refractivity contribution in [3.8, 4) is 0 Å². The van der Waals surface area contributed by atoms with E-state index < -0.39 is 3.24 Å². The van der Waals surface area contributed by atoms with Crippen LogP contribution in [0.15, 0.2) is 0 Å². The molecule has 0 aliphatic heterocycles. The molecule has 0 aromatic rings. The SMILES string of the molecule is ClCC(Br)C(Cl)(Cl)Br. The van der Waals surface area contributed by atoms with Crippen LogP contribution in [-0.4, -0.2) is 13.9 Å². The normalized spacial score (nSPS) is 16.1. The maximum Gasteiger partial charge on any atom is 0.185 e. The first-order chi connectivity index (χ1) is 3.48. The molecule has 0 aromatic carbocycles. The van der Waals surface area contributed by atoms with Gasteiger partial charge in [0.2, 0.25) is 0 Å². The maximum atomic E-state index is 5.53. The Kier molecular flexibility index (Phi) is 4.75. The van der Waals surface area contributed by atoms with Crippen LogP contribution in [0.5, 0.6) is 0 Å². The van der Waals surface area contributed by atoms with E-state index in [-0.39, 0.29) is 4.83 Å². The van der Waals surface area contributed by atoms with Crippen molar-refractivity contribution in [1.29, 1.82) is 0 Å². The van der Waals surface area contributed by atoms with Crippen molar-refractivity contribution < 1.29 is 0 Å². The minimum Gasteiger partial charge on any atom is -0.125 e. The lowest BCUT2D eigenvalue weighted by molar-refractivity contribution is 1.05. The van der Waals surface area contributed by atoms with Crippen LogP contribution in [0.1, 0.15) is 0 Å². The Hall–Kier alpha value is 1.83. The summed E-state index contributed by atoms with van der Waals surface area (Å²) < 4.78 is -0.950. The zero-order valence-corrected chi connectivity index (χ0v) is 9.11. The van der Waals surface area contributed by atoms with Crippen molar-refractivity contribution in [2.24, 2.45) is 0 Å². The van der Waals surface area contributed by atoms with E-state index >= 15 is 0 Å². The maximum absolute atomic E-state index is 5.53. The zero-order chi connectivity index (χ0) is 6.78. The van der Waals surface area contributed by atoms with Crippen molar-refractivity contribution in [1.82, 2.24) is 0 Å². The van der Waals surface area contributed by atoms with E-state index in [1.807, 2.05) is 0 Å². The van der Waals surface area contributed by atoms with Crippen LogP contribution in [0.3, 0.4) is 0 Å². The fraction of sp³-hybridized carbons (Fsp3) is 1.00. The second kappa shape index (κ2) is 3.87. The summed E-state index contributed by atoms with van der Waals surface area (Å²) in [6.45, 7) is 0. The van der Waals surface area contributed by atoms with E-state index in [4.69, 9.17) is 34.8 Å². The third kappa shape index (κ3) is 3.78. The topological polar surface area (TPSA) is 0 Å². The molecular weight excluding hydrogens is 302 g/mol. The van der Waals surface area contributed by atoms with Crippen molar-refractivity contribution in [2.45, 2.75) is 8.07 Å². The van der Waals surface area contributed by atoms with E-state index in [9.17, 15) is 0 Å². The Morgan fingerprint density at radius 3 is 1.88 bits per heavy atom. The third-order valence-corrected chi connectivity index (χ3v) is 4.40. The summed E-state index contributed by atoms with van der Waals surface area (Å²) in [6.07, 6.45) is 0. The highest BCUT2D eigenvalue weighted by molar-refractivity contribution is 9.13. The fourth-order valence-electron chi connectivity index (χ4n) is 0.0875. The van der Waals surface area contributed by atoms with Gasteiger partial charge in [-0.05, 0) is 15.9 Å². The predicted octanol–water partition coefficient (Wildman–Crippen LogP) is 3.52. The highest BCUT2D eigenvalue weighted by atomic mass is 79.9. The Labute approximate surface area is 80.1 Å². The second-order valence-electron chi connectivity index (χ2n) is 1.16. The molecule has 0 spiro atoms. The molecule has 0 bridgehead atoms. The smallest absolute Gasteiger partial charge is 0.125 e. The molecule has 1 unspecified atom stereocenters. The molecule has 0 aromatic heterocycles. The van der Waals surface area contributed by atoms with Crippen LogP contribution >= 0.6 is 66.7 Å². The molecular formula is C3H3Br2Cl3. The fourth-order valence-corrected chi connectivity index (χ4v) is 0.979. The first kappa shape index (κ1) is 9.83. The summed E-state index contributed by atoms with van der Waals surface area (Å²) >= 11 is 22.6. The standard InChI is InChI=1S/C3H3Br2Cl3/c4-2(1-6)3(5,7)8/h2H,1H2. The molecule has 8 heavy (non-hydrogen) atoms. The van der Waals surface area contributed by atoms with Crippen LogP contribution < -0.4 is 0 Å². The summed E-state index contributed by atoms with van der Waals surface area (Å²) in [5.41, 5.74) is 0. The molecule has 0 radical (unpaired) electrons. The van der Waals surface area contributed by atoms with E-state index in [2.05, 4.69) is 31.9 Å². The van der Waals surface area contributed by atoms with E-state index in [0.717, 1.165) is 0 Å². The third-order valence-electron chi connectivity index (χ3n) is 0.491. The van der Waals surface area contributed by atoms with Gasteiger partial charge in [0.15, 0.2) is 3.24 Å². The predicted molar refractivity (Wildman–Crippen MR) is 46.8 cm³/mol. The molecule has 0 saturated carbocycles. The summed E-state index contributed by atoms with van der Waals surface area (Å²) in [5, 5.41) is 0. The Balaban J connectivity index is 3.62. The lowest BCUT2D eigenvalue weighted by atomic mass is 10.6. The summed E-state index contributed by atoms with van der Waals surface area (Å²) in [6, 6.07) is 0. The van der Waals surface area contributed by atoms with Crippen LogP contribution in [-0.2, 0) is 0 Å². The van der Waals surface area contributed by atoms with Crippen LogP contribution in [0.2, 0.25) is 0 Å². The molecule has 0 N–H and O–H groups in total. The zero-order valence-electron chi connectivity index (χ0n) is 3.67. The van der Waals surface area contributed by atoms with Crippen LogP contribution in [0, 0.1) is 0 Å². The molecule has 0 rings (SSSR count). The first-order valence-corrected chi connectivity index (χ1v) is 4.75. The van der Waals surface area contributed by atoms with Gasteiger partial charge >= 0.3 is 0 Å². The number of halogens is 5. The number of hydrogen-bond acceptors (Lipinski definition) is 0. The number of hydrogen-bond donors (Lipinski definition) is 0. The molecule has 0 aliphatic rings. The van der Waals surface area contributed by atoms with Gasteiger partial charge in [0, 0.05) is 5.88 Å². The Bertz CT molecular complexity index is 69.4. The largest absolute Gasteiger partial charge is 0.185 e. The van der Waals surface area contributed by atoms with Gasteiger partial charge in [0.1, 0.15) is 0 Å². The van der Waals surface area contributed by atoms with Crippen molar-refractivity contribution in [3.63, 3.8) is 0 Å². The van der Waals surface area contributed by atoms with Gasteiger partial charge in [-0.1, -0.05) is 39.1 Å². The van der Waals surface area contributed by atoms with Gasteiger partial charge in [-0.2, -0.15) is 0 Å². The highest BCUT2D eigenvalue weighted by Gasteiger charge is 2.28. The summed E-state index contributed by atoms with van der Waals surface area (Å²) in [5.74, 6) is 0.373. The number of alkyl halides is 5. The quantitative estimate of drug-likeness (QED) is 0.685. The minimum absolute atomic E-state index is 0.125. The van der Waals surface area contributed by atoms with Gasteiger partial charge < -0.3 is 0 Å². The van der Waals surface area contributed by atoms with Crippen LogP contribution in [0.4, 0.5) is 0 Å².